The Labute approximate surface area is 174 Å². The van der Waals surface area contributed by atoms with Crippen LogP contribution in [-0.2, 0) is 0 Å². The first-order chi connectivity index (χ1) is 13.3. The fraction of sp³-hybridized carbons (Fsp3) is 0.200. The summed E-state index contributed by atoms with van der Waals surface area (Å²) in [5, 5.41) is 34.2. The second kappa shape index (κ2) is 14.9. The summed E-state index contributed by atoms with van der Waals surface area (Å²) >= 11 is 2.93. The minimum absolute atomic E-state index is 0.00761. The van der Waals surface area contributed by atoms with Gasteiger partial charge in [0, 0.05) is 4.48 Å². The lowest BCUT2D eigenvalue weighted by atomic mass is 9.80. The number of hydrogen-bond donors (Lipinski definition) is 4. The maximum Gasteiger partial charge on any atom is 0.488 e. The summed E-state index contributed by atoms with van der Waals surface area (Å²) in [5.41, 5.74) is 2.13. The first-order valence-electron chi connectivity index (χ1n) is 8.16. The highest BCUT2D eigenvalue weighted by Crippen LogP contribution is 2.16. The molecule has 0 saturated carbocycles. The smallest absolute Gasteiger partial charge is 0.488 e. The molecule has 0 heterocycles. The largest absolute Gasteiger partial charge is 0.497 e. The molecule has 2 aromatic carbocycles. The highest BCUT2D eigenvalue weighted by Gasteiger charge is 2.09. The summed E-state index contributed by atoms with van der Waals surface area (Å²) in [5.74, 6) is 1.51. The van der Waals surface area contributed by atoms with Crippen LogP contribution in [0, 0.1) is 0 Å². The van der Waals surface area contributed by atoms with Crippen molar-refractivity contribution in [1.29, 1.82) is 0 Å². The van der Waals surface area contributed by atoms with Gasteiger partial charge in [-0.25, -0.2) is 0 Å². The molecular weight excluding hydrogens is 427 g/mol. The van der Waals surface area contributed by atoms with Crippen LogP contribution in [0.4, 0.5) is 0 Å². The van der Waals surface area contributed by atoms with Gasteiger partial charge in [-0.2, -0.15) is 0 Å². The van der Waals surface area contributed by atoms with E-state index in [0.29, 0.717) is 15.7 Å². The van der Waals surface area contributed by atoms with Gasteiger partial charge in [-0.05, 0) is 40.9 Å². The van der Waals surface area contributed by atoms with Crippen molar-refractivity contribution in [2.24, 2.45) is 0 Å². The van der Waals surface area contributed by atoms with Crippen LogP contribution in [0.25, 0.3) is 5.57 Å². The van der Waals surface area contributed by atoms with Crippen LogP contribution in [0.2, 0.25) is 0 Å². The number of halogens is 1. The number of benzene rings is 2. The second-order valence-corrected chi connectivity index (χ2v) is 6.43. The molecule has 4 N–H and O–H groups in total. The molecule has 0 unspecified atom stereocenters. The van der Waals surface area contributed by atoms with Crippen molar-refractivity contribution < 1.29 is 29.7 Å². The van der Waals surface area contributed by atoms with Crippen molar-refractivity contribution in [2.45, 2.75) is 0 Å². The van der Waals surface area contributed by atoms with E-state index in [1.165, 1.54) is 0 Å². The SMILES string of the molecule is C=C(Br)CO.C=C(CO)c1ccc(OC)cc1.COc1ccc(B(O)O)cc1. The average molecular weight is 453 g/mol. The fourth-order valence-electron chi connectivity index (χ4n) is 1.69. The predicted molar refractivity (Wildman–Crippen MR) is 117 cm³/mol. The van der Waals surface area contributed by atoms with Gasteiger partial charge < -0.3 is 29.7 Å². The Bertz CT molecular complexity index is 702. The molecule has 0 aromatic heterocycles. The van der Waals surface area contributed by atoms with E-state index in [0.717, 1.165) is 16.9 Å². The molecule has 0 fully saturated rings. The number of methoxy groups -OCH3 is 2. The van der Waals surface area contributed by atoms with Crippen LogP contribution >= 0.6 is 15.9 Å². The Balaban J connectivity index is 0.000000424. The molecule has 0 bridgehead atoms. The third kappa shape index (κ3) is 10.9. The molecule has 0 atom stereocenters. The van der Waals surface area contributed by atoms with Crippen LogP contribution in [-0.4, -0.2) is 54.8 Å². The van der Waals surface area contributed by atoms with E-state index in [1.54, 1.807) is 38.5 Å². The predicted octanol–water partition coefficient (Wildman–Crippen LogP) is 1.96. The fourth-order valence-corrected chi connectivity index (χ4v) is 1.69. The average Bonchev–Trinajstić information content (AvgIpc) is 2.74. The summed E-state index contributed by atoms with van der Waals surface area (Å²) < 4.78 is 10.5. The minimum Gasteiger partial charge on any atom is -0.497 e. The minimum atomic E-state index is -1.40. The van der Waals surface area contributed by atoms with Gasteiger partial charge in [-0.3, -0.25) is 0 Å². The number of hydrogen-bond acceptors (Lipinski definition) is 6. The molecule has 0 saturated heterocycles. The highest BCUT2D eigenvalue weighted by atomic mass is 79.9. The summed E-state index contributed by atoms with van der Waals surface area (Å²) in [6.45, 7) is 7.07. The van der Waals surface area contributed by atoms with E-state index < -0.39 is 7.12 Å². The van der Waals surface area contributed by atoms with Gasteiger partial charge in [0.2, 0.25) is 0 Å². The van der Waals surface area contributed by atoms with Crippen molar-refractivity contribution in [3.05, 3.63) is 71.7 Å². The standard InChI is InChI=1S/C10H12O2.C7H9BO3.C3H5BrO/c1-8(7-11)9-3-5-10(12-2)6-4-9;1-11-7-4-2-6(3-5-7)8(9)10;1-3(4)2-5/h3-6,11H,1,7H2,2H3;2-5,9-10H,1H3;5H,1-2H2. The van der Waals surface area contributed by atoms with Crippen LogP contribution in [0.15, 0.2) is 66.2 Å². The Morgan fingerprint density at radius 2 is 1.25 bits per heavy atom. The molecule has 0 aliphatic carbocycles. The van der Waals surface area contributed by atoms with Crippen molar-refractivity contribution in [3.8, 4) is 11.5 Å². The molecule has 0 aliphatic rings. The number of ether oxygens (including phenoxy) is 2. The van der Waals surface area contributed by atoms with E-state index in [2.05, 4.69) is 29.1 Å². The summed E-state index contributed by atoms with van der Waals surface area (Å²) in [6.07, 6.45) is 0. The van der Waals surface area contributed by atoms with Crippen LogP contribution in [0.3, 0.4) is 0 Å². The first kappa shape index (κ1) is 25.9. The van der Waals surface area contributed by atoms with Gasteiger partial charge in [-0.15, -0.1) is 0 Å². The third-order valence-corrected chi connectivity index (χ3v) is 3.53. The molecule has 6 nitrogen and oxygen atoms in total. The second-order valence-electron chi connectivity index (χ2n) is 5.31. The van der Waals surface area contributed by atoms with Gasteiger partial charge in [0.05, 0.1) is 27.4 Å². The quantitative estimate of drug-likeness (QED) is 0.500. The molecule has 0 aliphatic heterocycles. The Kier molecular flexibility index (Phi) is 13.8. The summed E-state index contributed by atoms with van der Waals surface area (Å²) in [6, 6.07) is 14.0. The van der Waals surface area contributed by atoms with Crippen molar-refractivity contribution >= 4 is 34.1 Å². The van der Waals surface area contributed by atoms with Crippen molar-refractivity contribution in [2.75, 3.05) is 27.4 Å². The topological polar surface area (TPSA) is 99.4 Å². The Morgan fingerprint density at radius 3 is 1.54 bits per heavy atom. The molecule has 0 amide bonds. The molecule has 0 spiro atoms. The summed E-state index contributed by atoms with van der Waals surface area (Å²) in [4.78, 5) is 0. The molecule has 2 aromatic rings. The lowest BCUT2D eigenvalue weighted by Crippen LogP contribution is -2.29. The zero-order valence-corrected chi connectivity index (χ0v) is 17.6. The van der Waals surface area contributed by atoms with Crippen LogP contribution in [0.5, 0.6) is 11.5 Å². The molecule has 28 heavy (non-hydrogen) atoms. The lowest BCUT2D eigenvalue weighted by Gasteiger charge is -2.03. The Morgan fingerprint density at radius 1 is 0.857 bits per heavy atom. The van der Waals surface area contributed by atoms with Gasteiger partial charge in [0.15, 0.2) is 0 Å². The van der Waals surface area contributed by atoms with Gasteiger partial charge in [0.1, 0.15) is 11.5 Å². The van der Waals surface area contributed by atoms with Gasteiger partial charge in [-0.1, -0.05) is 53.4 Å². The number of aliphatic hydroxyl groups excluding tert-OH is 2. The normalized spacial score (nSPS) is 9.11. The molecular formula is C20H26BBrO6. The molecule has 152 valence electrons. The van der Waals surface area contributed by atoms with E-state index in [-0.39, 0.29) is 13.2 Å². The highest BCUT2D eigenvalue weighted by molar-refractivity contribution is 9.11. The van der Waals surface area contributed by atoms with Crippen molar-refractivity contribution in [3.63, 3.8) is 0 Å². The molecule has 8 heteroatoms. The maximum absolute atomic E-state index is 8.78. The van der Waals surface area contributed by atoms with Gasteiger partial charge >= 0.3 is 7.12 Å². The van der Waals surface area contributed by atoms with E-state index in [9.17, 15) is 0 Å². The Hall–Kier alpha value is -2.10. The molecule has 2 rings (SSSR count). The van der Waals surface area contributed by atoms with E-state index in [1.807, 2.05) is 24.3 Å². The van der Waals surface area contributed by atoms with Crippen molar-refractivity contribution in [1.82, 2.24) is 0 Å². The van der Waals surface area contributed by atoms with Gasteiger partial charge in [0.25, 0.3) is 0 Å². The molecule has 0 radical (unpaired) electrons. The zero-order valence-electron chi connectivity index (χ0n) is 16.0. The monoisotopic (exact) mass is 452 g/mol. The van der Waals surface area contributed by atoms with E-state index >= 15 is 0 Å². The number of rotatable bonds is 6. The van der Waals surface area contributed by atoms with Crippen LogP contribution < -0.4 is 14.9 Å². The van der Waals surface area contributed by atoms with E-state index in [4.69, 9.17) is 29.7 Å². The zero-order chi connectivity index (χ0) is 21.5. The first-order valence-corrected chi connectivity index (χ1v) is 8.95. The maximum atomic E-state index is 8.78. The van der Waals surface area contributed by atoms with Crippen LogP contribution in [0.1, 0.15) is 5.56 Å². The number of aliphatic hydroxyl groups is 2. The lowest BCUT2D eigenvalue weighted by molar-refractivity contribution is 0.340. The third-order valence-electron chi connectivity index (χ3n) is 3.27. The summed E-state index contributed by atoms with van der Waals surface area (Å²) in [7, 11) is 1.78.